The molecule has 0 amide bonds. The van der Waals surface area contributed by atoms with Gasteiger partial charge in [0.05, 0.1) is 7.11 Å². The maximum absolute atomic E-state index is 6.50. The lowest BCUT2D eigenvalue weighted by molar-refractivity contribution is 0.0129. The van der Waals surface area contributed by atoms with Crippen LogP contribution in [0.15, 0.2) is 18.2 Å². The van der Waals surface area contributed by atoms with E-state index >= 15 is 0 Å². The Morgan fingerprint density at radius 3 is 2.52 bits per heavy atom. The molecular weight excluding hydrogens is 262 g/mol. The van der Waals surface area contributed by atoms with E-state index in [-0.39, 0.29) is 5.60 Å². The molecule has 1 aromatic carbocycles. The van der Waals surface area contributed by atoms with E-state index in [0.29, 0.717) is 6.04 Å². The average molecular weight is 291 g/mol. The van der Waals surface area contributed by atoms with Gasteiger partial charge in [0.25, 0.3) is 0 Å². The third kappa shape index (κ3) is 3.52. The Labute approximate surface area is 129 Å². The molecule has 118 valence electrons. The molecule has 1 atom stereocenters. The number of rotatable bonds is 7. The van der Waals surface area contributed by atoms with Crippen molar-refractivity contribution in [2.24, 2.45) is 0 Å². The second-order valence-corrected chi connectivity index (χ2v) is 6.00. The van der Waals surface area contributed by atoms with Gasteiger partial charge >= 0.3 is 0 Å². The molecule has 0 saturated carbocycles. The summed E-state index contributed by atoms with van der Waals surface area (Å²) in [6.07, 6.45) is 5.58. The molecule has 1 aromatic rings. The molecule has 0 radical (unpaired) electrons. The van der Waals surface area contributed by atoms with Crippen molar-refractivity contribution in [3.05, 3.63) is 23.8 Å². The van der Waals surface area contributed by atoms with Gasteiger partial charge in [-0.3, -0.25) is 0 Å². The van der Waals surface area contributed by atoms with E-state index in [1.807, 2.05) is 12.1 Å². The van der Waals surface area contributed by atoms with Gasteiger partial charge in [-0.05, 0) is 25.5 Å². The van der Waals surface area contributed by atoms with Crippen LogP contribution in [0.3, 0.4) is 0 Å². The van der Waals surface area contributed by atoms with Crippen molar-refractivity contribution >= 4 is 0 Å². The summed E-state index contributed by atoms with van der Waals surface area (Å²) < 4.78 is 11.9. The summed E-state index contributed by atoms with van der Waals surface area (Å²) in [6, 6.07) is 6.59. The molecule has 21 heavy (non-hydrogen) atoms. The van der Waals surface area contributed by atoms with E-state index in [2.05, 4.69) is 32.2 Å². The molecule has 0 aromatic heterocycles. The first kappa shape index (κ1) is 16.2. The highest BCUT2D eigenvalue weighted by Gasteiger charge is 2.39. The van der Waals surface area contributed by atoms with Crippen LogP contribution in [0, 0.1) is 0 Å². The summed E-state index contributed by atoms with van der Waals surface area (Å²) in [7, 11) is 1.71. The van der Waals surface area contributed by atoms with Gasteiger partial charge in [0.2, 0.25) is 0 Å². The van der Waals surface area contributed by atoms with Crippen molar-refractivity contribution in [2.75, 3.05) is 13.7 Å². The SMILES string of the molecule is CCCC1(CCC)CC(NCC)c2ccc(OC)cc2O1. The first-order chi connectivity index (χ1) is 10.2. The number of ether oxygens (including phenoxy) is 2. The van der Waals surface area contributed by atoms with Gasteiger partial charge in [0.15, 0.2) is 0 Å². The van der Waals surface area contributed by atoms with E-state index in [9.17, 15) is 0 Å². The maximum Gasteiger partial charge on any atom is 0.128 e. The summed E-state index contributed by atoms with van der Waals surface area (Å²) in [5.41, 5.74) is 1.23. The molecule has 0 saturated heterocycles. The maximum atomic E-state index is 6.50. The molecular formula is C18H29NO2. The van der Waals surface area contributed by atoms with Crippen LogP contribution in [-0.4, -0.2) is 19.3 Å². The van der Waals surface area contributed by atoms with Gasteiger partial charge in [0, 0.05) is 24.1 Å². The molecule has 1 aliphatic rings. The Morgan fingerprint density at radius 2 is 1.95 bits per heavy atom. The molecule has 0 fully saturated rings. The molecule has 2 rings (SSSR count). The monoisotopic (exact) mass is 291 g/mol. The van der Waals surface area contributed by atoms with E-state index in [1.165, 1.54) is 5.56 Å². The topological polar surface area (TPSA) is 30.5 Å². The lowest BCUT2D eigenvalue weighted by Crippen LogP contribution is -2.44. The Balaban J connectivity index is 2.37. The number of benzene rings is 1. The number of hydrogen-bond acceptors (Lipinski definition) is 3. The second-order valence-electron chi connectivity index (χ2n) is 6.00. The summed E-state index contributed by atoms with van der Waals surface area (Å²) in [5.74, 6) is 1.86. The van der Waals surface area contributed by atoms with Crippen LogP contribution in [-0.2, 0) is 0 Å². The number of fused-ring (bicyclic) bond motifs is 1. The van der Waals surface area contributed by atoms with Crippen molar-refractivity contribution in [1.82, 2.24) is 5.32 Å². The van der Waals surface area contributed by atoms with E-state index < -0.39 is 0 Å². The van der Waals surface area contributed by atoms with Gasteiger partial charge in [-0.25, -0.2) is 0 Å². The fourth-order valence-electron chi connectivity index (χ4n) is 3.55. The lowest BCUT2D eigenvalue weighted by Gasteiger charge is -2.43. The highest BCUT2D eigenvalue weighted by molar-refractivity contribution is 5.44. The quantitative estimate of drug-likeness (QED) is 0.804. The molecule has 0 bridgehead atoms. The average Bonchev–Trinajstić information content (AvgIpc) is 2.47. The van der Waals surface area contributed by atoms with Gasteiger partial charge in [-0.1, -0.05) is 39.7 Å². The van der Waals surface area contributed by atoms with Crippen molar-refractivity contribution in [3.63, 3.8) is 0 Å². The molecule has 1 N–H and O–H groups in total. The van der Waals surface area contributed by atoms with Crippen molar-refractivity contribution < 1.29 is 9.47 Å². The fourth-order valence-corrected chi connectivity index (χ4v) is 3.55. The first-order valence-electron chi connectivity index (χ1n) is 8.28. The van der Waals surface area contributed by atoms with Gasteiger partial charge < -0.3 is 14.8 Å². The van der Waals surface area contributed by atoms with Gasteiger partial charge in [-0.2, -0.15) is 0 Å². The zero-order chi connectivity index (χ0) is 15.3. The highest BCUT2D eigenvalue weighted by atomic mass is 16.5. The molecule has 0 aliphatic carbocycles. The number of methoxy groups -OCH3 is 1. The third-order valence-corrected chi connectivity index (χ3v) is 4.36. The van der Waals surface area contributed by atoms with E-state index in [0.717, 1.165) is 50.1 Å². The van der Waals surface area contributed by atoms with E-state index in [1.54, 1.807) is 7.11 Å². The van der Waals surface area contributed by atoms with Crippen molar-refractivity contribution in [1.29, 1.82) is 0 Å². The minimum atomic E-state index is -0.0320. The Hall–Kier alpha value is -1.22. The van der Waals surface area contributed by atoms with E-state index in [4.69, 9.17) is 9.47 Å². The van der Waals surface area contributed by atoms with Crippen LogP contribution in [0.25, 0.3) is 0 Å². The zero-order valence-corrected chi connectivity index (χ0v) is 13.9. The van der Waals surface area contributed by atoms with Crippen LogP contribution < -0.4 is 14.8 Å². The first-order valence-corrected chi connectivity index (χ1v) is 8.28. The summed E-state index contributed by atoms with van der Waals surface area (Å²) in [6.45, 7) is 7.62. The predicted molar refractivity (Wildman–Crippen MR) is 87.2 cm³/mol. The Kier molecular flexibility index (Phi) is 5.51. The molecule has 1 heterocycles. The molecule has 3 heteroatoms. The van der Waals surface area contributed by atoms with Crippen LogP contribution in [0.4, 0.5) is 0 Å². The predicted octanol–water partition coefficient (Wildman–Crippen LogP) is 4.47. The van der Waals surface area contributed by atoms with Gasteiger partial charge in [0.1, 0.15) is 17.1 Å². The van der Waals surface area contributed by atoms with Gasteiger partial charge in [-0.15, -0.1) is 0 Å². The minimum absolute atomic E-state index is 0.0320. The summed E-state index contributed by atoms with van der Waals surface area (Å²) in [4.78, 5) is 0. The van der Waals surface area contributed by atoms with Crippen LogP contribution >= 0.6 is 0 Å². The normalized spacial score (nSPS) is 19.7. The Morgan fingerprint density at radius 1 is 1.24 bits per heavy atom. The molecule has 1 aliphatic heterocycles. The largest absolute Gasteiger partial charge is 0.497 e. The number of hydrogen-bond donors (Lipinski definition) is 1. The third-order valence-electron chi connectivity index (χ3n) is 4.36. The molecule has 1 unspecified atom stereocenters. The zero-order valence-electron chi connectivity index (χ0n) is 13.9. The summed E-state index contributed by atoms with van der Waals surface area (Å²) in [5, 5.41) is 3.63. The van der Waals surface area contributed by atoms with Crippen molar-refractivity contribution in [3.8, 4) is 11.5 Å². The van der Waals surface area contributed by atoms with Crippen LogP contribution in [0.5, 0.6) is 11.5 Å². The molecule has 0 spiro atoms. The summed E-state index contributed by atoms with van der Waals surface area (Å²) >= 11 is 0. The smallest absolute Gasteiger partial charge is 0.128 e. The Bertz CT molecular complexity index is 453. The molecule has 3 nitrogen and oxygen atoms in total. The van der Waals surface area contributed by atoms with Crippen LogP contribution in [0.2, 0.25) is 0 Å². The highest BCUT2D eigenvalue weighted by Crippen LogP contribution is 2.45. The second kappa shape index (κ2) is 7.17. The lowest BCUT2D eigenvalue weighted by atomic mass is 9.81. The standard InChI is InChI=1S/C18H29NO2/c1-5-10-18(11-6-2)13-16(19-7-3)15-9-8-14(20-4)12-17(15)21-18/h8-9,12,16,19H,5-7,10-11,13H2,1-4H3. The fraction of sp³-hybridized carbons (Fsp3) is 0.667. The number of nitrogens with one attached hydrogen (secondary N) is 1. The van der Waals surface area contributed by atoms with Crippen LogP contribution in [0.1, 0.15) is 64.5 Å². The van der Waals surface area contributed by atoms with Crippen molar-refractivity contribution in [2.45, 2.75) is 64.5 Å². The minimum Gasteiger partial charge on any atom is -0.497 e.